The molecule has 44 valence electrons. The van der Waals surface area contributed by atoms with Gasteiger partial charge in [-0.2, -0.15) is 0 Å². The third kappa shape index (κ3) is 0.504. The van der Waals surface area contributed by atoms with Gasteiger partial charge in [-0.1, -0.05) is 0 Å². The topological polar surface area (TPSA) is 17.1 Å². The van der Waals surface area contributed by atoms with Crippen LogP contribution in [0.1, 0.15) is 25.7 Å². The summed E-state index contributed by atoms with van der Waals surface area (Å²) in [6, 6.07) is 0. The number of Topliss-reactive ketones (excluding diaryl/α,β-unsaturated/α-hetero) is 1. The molecule has 2 rings (SSSR count). The molecular formula is C7H10O. The first-order valence-electron chi connectivity index (χ1n) is 3.40. The van der Waals surface area contributed by atoms with Gasteiger partial charge in [-0.3, -0.25) is 4.79 Å². The van der Waals surface area contributed by atoms with Crippen molar-refractivity contribution in [1.82, 2.24) is 0 Å². The molecule has 0 aromatic heterocycles. The fourth-order valence-electron chi connectivity index (χ4n) is 1.68. The van der Waals surface area contributed by atoms with E-state index in [9.17, 15) is 4.79 Å². The van der Waals surface area contributed by atoms with Crippen LogP contribution in [0.5, 0.6) is 0 Å². The fourth-order valence-corrected chi connectivity index (χ4v) is 1.68. The molecule has 0 unspecified atom stereocenters. The average molecular weight is 110 g/mol. The van der Waals surface area contributed by atoms with Crippen LogP contribution in [0.15, 0.2) is 0 Å². The van der Waals surface area contributed by atoms with E-state index in [0.29, 0.717) is 11.7 Å². The van der Waals surface area contributed by atoms with Crippen molar-refractivity contribution in [2.75, 3.05) is 0 Å². The number of hydrogen-bond acceptors (Lipinski definition) is 1. The van der Waals surface area contributed by atoms with Crippen LogP contribution in [-0.2, 0) is 4.79 Å². The van der Waals surface area contributed by atoms with Gasteiger partial charge in [0, 0.05) is 12.3 Å². The molecule has 2 aliphatic carbocycles. The van der Waals surface area contributed by atoms with Gasteiger partial charge in [0.15, 0.2) is 0 Å². The molecule has 1 heteroatoms. The van der Waals surface area contributed by atoms with Gasteiger partial charge >= 0.3 is 0 Å². The summed E-state index contributed by atoms with van der Waals surface area (Å²) >= 11 is 0. The van der Waals surface area contributed by atoms with Crippen molar-refractivity contribution in [1.29, 1.82) is 0 Å². The Bertz CT molecular complexity index is 128. The highest BCUT2D eigenvalue weighted by molar-refractivity contribution is 5.84. The van der Waals surface area contributed by atoms with Crippen molar-refractivity contribution in [3.8, 4) is 0 Å². The van der Waals surface area contributed by atoms with Gasteiger partial charge < -0.3 is 0 Å². The Morgan fingerprint density at radius 1 is 1.50 bits per heavy atom. The van der Waals surface area contributed by atoms with Crippen LogP contribution in [0, 0.1) is 11.8 Å². The second-order valence-corrected chi connectivity index (χ2v) is 2.96. The molecule has 0 N–H and O–H groups in total. The van der Waals surface area contributed by atoms with E-state index in [0.717, 1.165) is 12.3 Å². The Morgan fingerprint density at radius 3 is 3.00 bits per heavy atom. The fraction of sp³-hybridized carbons (Fsp3) is 0.857. The number of hydrogen-bond donors (Lipinski definition) is 0. The third-order valence-electron chi connectivity index (χ3n) is 2.33. The largest absolute Gasteiger partial charge is 0.299 e. The maximum Gasteiger partial charge on any atom is 0.136 e. The van der Waals surface area contributed by atoms with Crippen molar-refractivity contribution in [3.05, 3.63) is 0 Å². The van der Waals surface area contributed by atoms with E-state index < -0.39 is 0 Å². The van der Waals surface area contributed by atoms with Crippen LogP contribution >= 0.6 is 0 Å². The highest BCUT2D eigenvalue weighted by Gasteiger charge is 2.44. The van der Waals surface area contributed by atoms with Gasteiger partial charge in [0.1, 0.15) is 5.78 Å². The molecule has 0 radical (unpaired) electrons. The van der Waals surface area contributed by atoms with Gasteiger partial charge in [-0.15, -0.1) is 0 Å². The maximum atomic E-state index is 10.8. The number of carbonyl (C=O) groups is 1. The molecular weight excluding hydrogens is 100 g/mol. The first-order valence-corrected chi connectivity index (χ1v) is 3.40. The summed E-state index contributed by atoms with van der Waals surface area (Å²) in [5.41, 5.74) is 0. The summed E-state index contributed by atoms with van der Waals surface area (Å²) < 4.78 is 0. The Morgan fingerprint density at radius 2 is 2.38 bits per heavy atom. The van der Waals surface area contributed by atoms with Crippen LogP contribution < -0.4 is 0 Å². The predicted octanol–water partition coefficient (Wildman–Crippen LogP) is 1.38. The first kappa shape index (κ1) is 4.54. The summed E-state index contributed by atoms with van der Waals surface area (Å²) in [5.74, 6) is 1.90. The zero-order valence-electron chi connectivity index (χ0n) is 4.89. The Kier molecular flexibility index (Phi) is 0.758. The van der Waals surface area contributed by atoms with E-state index in [-0.39, 0.29) is 0 Å². The summed E-state index contributed by atoms with van der Waals surface area (Å²) in [4.78, 5) is 10.8. The van der Waals surface area contributed by atoms with E-state index in [2.05, 4.69) is 0 Å². The minimum atomic E-state index is 0.531. The molecule has 2 aliphatic rings. The second kappa shape index (κ2) is 1.34. The molecule has 0 bridgehead atoms. The van der Waals surface area contributed by atoms with Crippen LogP contribution in [-0.4, -0.2) is 5.78 Å². The minimum Gasteiger partial charge on any atom is -0.299 e. The van der Waals surface area contributed by atoms with Gasteiger partial charge in [0.25, 0.3) is 0 Å². The van der Waals surface area contributed by atoms with Crippen LogP contribution in [0.25, 0.3) is 0 Å². The lowest BCUT2D eigenvalue weighted by molar-refractivity contribution is -0.121. The summed E-state index contributed by atoms with van der Waals surface area (Å²) in [6.07, 6.45) is 4.59. The lowest BCUT2D eigenvalue weighted by Gasteiger charge is -2.04. The van der Waals surface area contributed by atoms with Crippen LogP contribution in [0.3, 0.4) is 0 Å². The van der Waals surface area contributed by atoms with Gasteiger partial charge in [0.05, 0.1) is 0 Å². The van der Waals surface area contributed by atoms with Crippen molar-refractivity contribution in [3.63, 3.8) is 0 Å². The number of rotatable bonds is 0. The predicted molar refractivity (Wildman–Crippen MR) is 30.5 cm³/mol. The molecule has 0 aliphatic heterocycles. The number of fused-ring (bicyclic) bond motifs is 1. The SMILES string of the molecule is O=C1CCC[C@H]2C[C@@H]12. The molecule has 0 saturated heterocycles. The summed E-state index contributed by atoms with van der Waals surface area (Å²) in [7, 11) is 0. The Labute approximate surface area is 49.1 Å². The lowest BCUT2D eigenvalue weighted by atomic mass is 10.00. The lowest BCUT2D eigenvalue weighted by Crippen LogP contribution is -2.07. The smallest absolute Gasteiger partial charge is 0.136 e. The first-order chi connectivity index (χ1) is 3.88. The molecule has 0 amide bonds. The Balaban J connectivity index is 2.08. The molecule has 2 fully saturated rings. The van der Waals surface area contributed by atoms with Crippen molar-refractivity contribution >= 4 is 5.78 Å². The van der Waals surface area contributed by atoms with Crippen LogP contribution in [0.2, 0.25) is 0 Å². The van der Waals surface area contributed by atoms with Gasteiger partial charge in [-0.25, -0.2) is 0 Å². The quantitative estimate of drug-likeness (QED) is 0.460. The van der Waals surface area contributed by atoms with Gasteiger partial charge in [-0.05, 0) is 25.2 Å². The molecule has 0 spiro atoms. The zero-order valence-corrected chi connectivity index (χ0v) is 4.89. The molecule has 0 aromatic carbocycles. The second-order valence-electron chi connectivity index (χ2n) is 2.96. The molecule has 2 saturated carbocycles. The molecule has 8 heavy (non-hydrogen) atoms. The van der Waals surface area contributed by atoms with Gasteiger partial charge in [0.2, 0.25) is 0 Å². The van der Waals surface area contributed by atoms with Crippen LogP contribution in [0.4, 0.5) is 0 Å². The molecule has 0 heterocycles. The van der Waals surface area contributed by atoms with E-state index in [1.165, 1.54) is 19.3 Å². The summed E-state index contributed by atoms with van der Waals surface area (Å²) in [6.45, 7) is 0. The van der Waals surface area contributed by atoms with E-state index in [4.69, 9.17) is 0 Å². The number of ketones is 1. The average Bonchev–Trinajstić information content (AvgIpc) is 2.45. The minimum absolute atomic E-state index is 0.531. The van der Waals surface area contributed by atoms with Crippen molar-refractivity contribution < 1.29 is 4.79 Å². The van der Waals surface area contributed by atoms with Crippen molar-refractivity contribution in [2.24, 2.45) is 11.8 Å². The molecule has 1 nitrogen and oxygen atoms in total. The van der Waals surface area contributed by atoms with E-state index in [1.807, 2.05) is 0 Å². The van der Waals surface area contributed by atoms with E-state index in [1.54, 1.807) is 0 Å². The normalized spacial score (nSPS) is 43.8. The highest BCUT2D eigenvalue weighted by atomic mass is 16.1. The standard InChI is InChI=1S/C7H10O/c8-7-3-1-2-5-4-6(5)7/h5-6H,1-4H2/t5-,6+/m0/s1. The number of carbonyl (C=O) groups excluding carboxylic acids is 1. The zero-order chi connectivity index (χ0) is 5.56. The monoisotopic (exact) mass is 110 g/mol. The highest BCUT2D eigenvalue weighted by Crippen LogP contribution is 2.47. The van der Waals surface area contributed by atoms with E-state index >= 15 is 0 Å². The summed E-state index contributed by atoms with van der Waals surface area (Å²) in [5, 5.41) is 0. The third-order valence-corrected chi connectivity index (χ3v) is 2.33. The maximum absolute atomic E-state index is 10.8. The molecule has 2 atom stereocenters. The van der Waals surface area contributed by atoms with Crippen molar-refractivity contribution in [2.45, 2.75) is 25.7 Å². The Hall–Kier alpha value is -0.330. The molecule has 0 aromatic rings.